The Bertz CT molecular complexity index is 578. The zero-order valence-electron chi connectivity index (χ0n) is 12.2. The van der Waals surface area contributed by atoms with E-state index < -0.39 is 6.10 Å². The first-order valence-corrected chi connectivity index (χ1v) is 6.50. The molecule has 0 amide bonds. The van der Waals surface area contributed by atoms with Crippen LogP contribution in [0.2, 0.25) is 0 Å². The van der Waals surface area contributed by atoms with Crippen molar-refractivity contribution in [1.82, 2.24) is 9.55 Å². The maximum absolute atomic E-state index is 10.6. The number of hydrogen-bond acceptors (Lipinski definition) is 4. The van der Waals surface area contributed by atoms with Crippen molar-refractivity contribution in [2.45, 2.75) is 26.0 Å². The number of aliphatic hydroxyl groups is 1. The van der Waals surface area contributed by atoms with E-state index in [1.165, 1.54) is 0 Å². The van der Waals surface area contributed by atoms with Crippen LogP contribution in [-0.4, -0.2) is 28.9 Å². The quantitative estimate of drug-likeness (QED) is 0.912. The summed E-state index contributed by atoms with van der Waals surface area (Å²) >= 11 is 0. The van der Waals surface area contributed by atoms with Gasteiger partial charge in [0, 0.05) is 11.6 Å². The normalized spacial score (nSPS) is 12.5. The fourth-order valence-corrected chi connectivity index (χ4v) is 2.17. The van der Waals surface area contributed by atoms with Gasteiger partial charge < -0.3 is 19.1 Å². The molecule has 2 aromatic rings. The highest BCUT2D eigenvalue weighted by molar-refractivity contribution is 5.44. The van der Waals surface area contributed by atoms with Crippen LogP contribution in [0.5, 0.6) is 11.5 Å². The van der Waals surface area contributed by atoms with E-state index in [1.54, 1.807) is 44.9 Å². The number of hydrogen-bond donors (Lipinski definition) is 1. The SMILES string of the molecule is COc1ccc(OC)c(C(O)c2cncn2C(C)C)c1. The summed E-state index contributed by atoms with van der Waals surface area (Å²) < 4.78 is 12.5. The summed E-state index contributed by atoms with van der Waals surface area (Å²) in [6.07, 6.45) is 2.57. The molecule has 0 fully saturated rings. The number of methoxy groups -OCH3 is 2. The average Bonchev–Trinajstić information content (AvgIpc) is 2.95. The number of benzene rings is 1. The molecule has 0 aliphatic rings. The molecule has 20 heavy (non-hydrogen) atoms. The third-order valence-corrected chi connectivity index (χ3v) is 3.26. The third kappa shape index (κ3) is 2.63. The van der Waals surface area contributed by atoms with Gasteiger partial charge in [0.05, 0.1) is 32.4 Å². The van der Waals surface area contributed by atoms with Crippen molar-refractivity contribution in [3.63, 3.8) is 0 Å². The predicted octanol–water partition coefficient (Wildman–Crippen LogP) is 2.56. The van der Waals surface area contributed by atoms with Crippen LogP contribution in [-0.2, 0) is 0 Å². The lowest BCUT2D eigenvalue weighted by Gasteiger charge is -2.19. The van der Waals surface area contributed by atoms with Crippen molar-refractivity contribution >= 4 is 0 Å². The molecule has 1 heterocycles. The molecule has 0 saturated heterocycles. The fraction of sp³-hybridized carbons (Fsp3) is 0.400. The molecule has 108 valence electrons. The molecule has 5 heteroatoms. The van der Waals surface area contributed by atoms with Gasteiger partial charge in [-0.25, -0.2) is 4.98 Å². The number of aromatic nitrogens is 2. The summed E-state index contributed by atoms with van der Waals surface area (Å²) in [7, 11) is 3.17. The highest BCUT2D eigenvalue weighted by Crippen LogP contribution is 2.33. The van der Waals surface area contributed by atoms with Crippen LogP contribution in [0.4, 0.5) is 0 Å². The van der Waals surface area contributed by atoms with Gasteiger partial charge in [0.25, 0.3) is 0 Å². The van der Waals surface area contributed by atoms with E-state index in [0.29, 0.717) is 17.1 Å². The van der Waals surface area contributed by atoms with Crippen molar-refractivity contribution in [3.05, 3.63) is 42.0 Å². The van der Waals surface area contributed by atoms with Gasteiger partial charge in [-0.2, -0.15) is 0 Å². The maximum atomic E-state index is 10.6. The first-order valence-electron chi connectivity index (χ1n) is 6.50. The Kier molecular flexibility index (Phi) is 4.29. The number of nitrogens with zero attached hydrogens (tertiary/aromatic N) is 2. The van der Waals surface area contributed by atoms with E-state index in [2.05, 4.69) is 4.98 Å². The zero-order chi connectivity index (χ0) is 14.7. The van der Waals surface area contributed by atoms with Gasteiger partial charge in [-0.1, -0.05) is 0 Å². The topological polar surface area (TPSA) is 56.5 Å². The third-order valence-electron chi connectivity index (χ3n) is 3.26. The Balaban J connectivity index is 2.46. The fourth-order valence-electron chi connectivity index (χ4n) is 2.17. The minimum Gasteiger partial charge on any atom is -0.497 e. The molecule has 1 unspecified atom stereocenters. The molecule has 2 rings (SSSR count). The molecule has 0 bridgehead atoms. The molecular formula is C15H20N2O3. The highest BCUT2D eigenvalue weighted by atomic mass is 16.5. The Morgan fingerprint density at radius 2 is 1.95 bits per heavy atom. The summed E-state index contributed by atoms with van der Waals surface area (Å²) in [6.45, 7) is 4.08. The number of imidazole rings is 1. The van der Waals surface area contributed by atoms with Gasteiger partial charge >= 0.3 is 0 Å². The van der Waals surface area contributed by atoms with E-state index in [1.807, 2.05) is 18.4 Å². The van der Waals surface area contributed by atoms with E-state index in [-0.39, 0.29) is 6.04 Å². The largest absolute Gasteiger partial charge is 0.497 e. The summed E-state index contributed by atoms with van der Waals surface area (Å²) in [5.41, 5.74) is 1.39. The number of ether oxygens (including phenoxy) is 2. The lowest BCUT2D eigenvalue weighted by atomic mass is 10.0. The molecule has 1 aromatic carbocycles. The lowest BCUT2D eigenvalue weighted by molar-refractivity contribution is 0.202. The highest BCUT2D eigenvalue weighted by Gasteiger charge is 2.20. The summed E-state index contributed by atoms with van der Waals surface area (Å²) in [6, 6.07) is 5.59. The van der Waals surface area contributed by atoms with Crippen LogP contribution in [0.1, 0.15) is 37.3 Å². The van der Waals surface area contributed by atoms with Gasteiger partial charge in [0.15, 0.2) is 0 Å². The van der Waals surface area contributed by atoms with E-state index in [0.717, 1.165) is 5.69 Å². The van der Waals surface area contributed by atoms with Crippen LogP contribution in [0.3, 0.4) is 0 Å². The van der Waals surface area contributed by atoms with Crippen molar-refractivity contribution in [1.29, 1.82) is 0 Å². The molecule has 0 saturated carbocycles. The average molecular weight is 276 g/mol. The Morgan fingerprint density at radius 3 is 2.55 bits per heavy atom. The summed E-state index contributed by atoms with van der Waals surface area (Å²) in [5.74, 6) is 1.30. The van der Waals surface area contributed by atoms with Crippen LogP contribution >= 0.6 is 0 Å². The lowest BCUT2D eigenvalue weighted by Crippen LogP contribution is -2.11. The molecule has 1 N–H and O–H groups in total. The standard InChI is InChI=1S/C15H20N2O3/c1-10(2)17-9-16-8-13(17)15(18)12-7-11(19-3)5-6-14(12)20-4/h5-10,15,18H,1-4H3. The Labute approximate surface area is 118 Å². The Morgan fingerprint density at radius 1 is 1.20 bits per heavy atom. The molecule has 0 radical (unpaired) electrons. The molecule has 0 aliphatic carbocycles. The van der Waals surface area contributed by atoms with Gasteiger partial charge in [-0.05, 0) is 32.0 Å². The van der Waals surface area contributed by atoms with Gasteiger partial charge in [0.1, 0.15) is 17.6 Å². The molecule has 0 aliphatic heterocycles. The molecule has 1 atom stereocenters. The minimum atomic E-state index is -0.815. The molecule has 1 aromatic heterocycles. The maximum Gasteiger partial charge on any atom is 0.125 e. The smallest absolute Gasteiger partial charge is 0.125 e. The summed E-state index contributed by atoms with van der Waals surface area (Å²) in [5, 5.41) is 10.6. The Hall–Kier alpha value is -2.01. The summed E-state index contributed by atoms with van der Waals surface area (Å²) in [4.78, 5) is 4.12. The zero-order valence-corrected chi connectivity index (χ0v) is 12.2. The van der Waals surface area contributed by atoms with E-state index in [4.69, 9.17) is 9.47 Å². The van der Waals surface area contributed by atoms with Crippen molar-refractivity contribution in [2.24, 2.45) is 0 Å². The second-order valence-corrected chi connectivity index (χ2v) is 4.83. The monoisotopic (exact) mass is 276 g/mol. The first kappa shape index (κ1) is 14.4. The number of aliphatic hydroxyl groups excluding tert-OH is 1. The van der Waals surface area contributed by atoms with Crippen LogP contribution in [0.15, 0.2) is 30.7 Å². The second kappa shape index (κ2) is 5.96. The van der Waals surface area contributed by atoms with Crippen LogP contribution in [0.25, 0.3) is 0 Å². The van der Waals surface area contributed by atoms with Crippen molar-refractivity contribution in [2.75, 3.05) is 14.2 Å². The molecular weight excluding hydrogens is 256 g/mol. The van der Waals surface area contributed by atoms with Crippen molar-refractivity contribution in [3.8, 4) is 11.5 Å². The second-order valence-electron chi connectivity index (χ2n) is 4.83. The van der Waals surface area contributed by atoms with Gasteiger partial charge in [0.2, 0.25) is 0 Å². The first-order chi connectivity index (χ1) is 9.58. The van der Waals surface area contributed by atoms with Gasteiger partial charge in [-0.3, -0.25) is 0 Å². The predicted molar refractivity (Wildman–Crippen MR) is 76.2 cm³/mol. The van der Waals surface area contributed by atoms with E-state index in [9.17, 15) is 5.11 Å². The molecule has 5 nitrogen and oxygen atoms in total. The van der Waals surface area contributed by atoms with Crippen LogP contribution < -0.4 is 9.47 Å². The minimum absolute atomic E-state index is 0.221. The van der Waals surface area contributed by atoms with Crippen LogP contribution in [0, 0.1) is 0 Å². The number of rotatable bonds is 5. The van der Waals surface area contributed by atoms with E-state index >= 15 is 0 Å². The molecule has 0 spiro atoms. The van der Waals surface area contributed by atoms with Gasteiger partial charge in [-0.15, -0.1) is 0 Å². The van der Waals surface area contributed by atoms with Crippen molar-refractivity contribution < 1.29 is 14.6 Å².